The lowest BCUT2D eigenvalue weighted by molar-refractivity contribution is -0.118. The lowest BCUT2D eigenvalue weighted by Crippen LogP contribution is -2.52. The second-order valence-electron chi connectivity index (χ2n) is 7.60. The van der Waals surface area contributed by atoms with E-state index < -0.39 is 0 Å². The highest BCUT2D eigenvalue weighted by molar-refractivity contribution is 8.13. The Hall–Kier alpha value is -1.71. The molecule has 3 aliphatic rings. The molecule has 0 N–H and O–H groups in total. The Morgan fingerprint density at radius 2 is 1.85 bits per heavy atom. The maximum atomic E-state index is 12.5. The fraction of sp³-hybridized carbons (Fsp3) is 0.619. The smallest absolute Gasteiger partial charge is 0.281 e. The average Bonchev–Trinajstić information content (AvgIpc) is 3.04. The average molecular weight is 386 g/mol. The molecule has 0 aromatic heterocycles. The van der Waals surface area contributed by atoms with Gasteiger partial charge in [-0.3, -0.25) is 9.59 Å². The van der Waals surface area contributed by atoms with Crippen molar-refractivity contribution >= 4 is 28.6 Å². The van der Waals surface area contributed by atoms with Crippen molar-refractivity contribution in [2.75, 3.05) is 36.8 Å². The molecule has 2 saturated heterocycles. The number of anilines is 1. The van der Waals surface area contributed by atoms with Crippen LogP contribution in [0.2, 0.25) is 0 Å². The van der Waals surface area contributed by atoms with Crippen LogP contribution in [0, 0.1) is 12.1 Å². The number of fused-ring (bicyclic) bond motifs is 1. The fourth-order valence-electron chi connectivity index (χ4n) is 4.67. The molecule has 144 valence electrons. The largest absolute Gasteiger partial charge is 0.333 e. The third-order valence-electron chi connectivity index (χ3n) is 6.08. The first-order valence-corrected chi connectivity index (χ1v) is 11.0. The minimum atomic E-state index is 0.208. The summed E-state index contributed by atoms with van der Waals surface area (Å²) in [6.07, 6.45) is 4.66. The van der Waals surface area contributed by atoms with E-state index in [0.29, 0.717) is 12.5 Å². The Morgan fingerprint density at radius 3 is 2.56 bits per heavy atom. The van der Waals surface area contributed by atoms with Crippen molar-refractivity contribution in [3.05, 3.63) is 29.8 Å². The van der Waals surface area contributed by atoms with E-state index in [0.717, 1.165) is 68.9 Å². The topological polar surface area (TPSA) is 43.9 Å². The normalized spacial score (nSPS) is 22.0. The van der Waals surface area contributed by atoms with E-state index in [2.05, 4.69) is 17.0 Å². The monoisotopic (exact) mass is 385 g/mol. The van der Waals surface area contributed by atoms with Gasteiger partial charge in [0.25, 0.3) is 5.24 Å². The minimum Gasteiger partial charge on any atom is -0.333 e. The first-order chi connectivity index (χ1) is 13.2. The summed E-state index contributed by atoms with van der Waals surface area (Å²) in [4.78, 5) is 31.1. The maximum absolute atomic E-state index is 12.5. The molecule has 2 fully saturated rings. The van der Waals surface area contributed by atoms with Gasteiger partial charge in [0.15, 0.2) is 0 Å². The minimum absolute atomic E-state index is 0.208. The van der Waals surface area contributed by atoms with Crippen LogP contribution in [0.15, 0.2) is 12.1 Å². The van der Waals surface area contributed by atoms with Gasteiger partial charge in [-0.15, -0.1) is 0 Å². The highest BCUT2D eigenvalue weighted by atomic mass is 32.2. The predicted molar refractivity (Wildman–Crippen MR) is 108 cm³/mol. The Bertz CT molecular complexity index is 694. The molecule has 0 saturated carbocycles. The molecule has 0 spiro atoms. The van der Waals surface area contributed by atoms with Crippen LogP contribution in [0.25, 0.3) is 0 Å². The standard InChI is InChI=1S/C21H27N3O2S/c1-2-27-21(26)23-13-7-17(8-14-23)22-11-9-18(10-12-22)24-19-6-4-3-5-16(19)15-20(24)25/h3,5,17-18H,2,7-15H2,1H3. The van der Waals surface area contributed by atoms with Crippen molar-refractivity contribution < 1.29 is 9.59 Å². The molecule has 0 aliphatic carbocycles. The van der Waals surface area contributed by atoms with E-state index in [1.54, 1.807) is 0 Å². The van der Waals surface area contributed by atoms with Gasteiger partial charge in [0.2, 0.25) is 5.91 Å². The van der Waals surface area contributed by atoms with Gasteiger partial charge in [0, 0.05) is 38.3 Å². The summed E-state index contributed by atoms with van der Waals surface area (Å²) in [6, 6.07) is 10.8. The van der Waals surface area contributed by atoms with Crippen LogP contribution in [-0.2, 0) is 11.2 Å². The number of amides is 2. The van der Waals surface area contributed by atoms with Crippen molar-refractivity contribution in [2.45, 2.75) is 51.1 Å². The van der Waals surface area contributed by atoms with Gasteiger partial charge in [-0.2, -0.15) is 0 Å². The third kappa shape index (κ3) is 3.81. The van der Waals surface area contributed by atoms with Crippen LogP contribution in [0.4, 0.5) is 10.5 Å². The third-order valence-corrected chi connectivity index (χ3v) is 6.88. The molecule has 1 aromatic rings. The summed E-state index contributed by atoms with van der Waals surface area (Å²) >= 11 is 1.41. The van der Waals surface area contributed by atoms with Crippen LogP contribution in [-0.4, -0.2) is 65.0 Å². The van der Waals surface area contributed by atoms with E-state index in [9.17, 15) is 9.59 Å². The molecule has 4 rings (SSSR count). The first-order valence-electron chi connectivity index (χ1n) is 10.1. The molecule has 5 nitrogen and oxygen atoms in total. The molecule has 2 amide bonds. The second-order valence-corrected chi connectivity index (χ2v) is 8.82. The molecular weight excluding hydrogens is 358 g/mol. The molecule has 0 atom stereocenters. The number of nitrogens with zero attached hydrogens (tertiary/aromatic N) is 3. The maximum Gasteiger partial charge on any atom is 0.281 e. The zero-order valence-electron chi connectivity index (χ0n) is 15.9. The lowest BCUT2D eigenvalue weighted by atomic mass is 9.97. The predicted octanol–water partition coefficient (Wildman–Crippen LogP) is 2.98. The van der Waals surface area contributed by atoms with Crippen molar-refractivity contribution in [3.8, 4) is 0 Å². The van der Waals surface area contributed by atoms with Gasteiger partial charge in [-0.25, -0.2) is 0 Å². The molecule has 27 heavy (non-hydrogen) atoms. The first kappa shape index (κ1) is 18.6. The van der Waals surface area contributed by atoms with Gasteiger partial charge < -0.3 is 14.7 Å². The van der Waals surface area contributed by atoms with Crippen molar-refractivity contribution in [1.82, 2.24) is 9.80 Å². The van der Waals surface area contributed by atoms with E-state index in [1.807, 2.05) is 28.9 Å². The van der Waals surface area contributed by atoms with E-state index in [-0.39, 0.29) is 17.2 Å². The highest BCUT2D eigenvalue weighted by Gasteiger charge is 2.36. The van der Waals surface area contributed by atoms with E-state index in [1.165, 1.54) is 11.8 Å². The summed E-state index contributed by atoms with van der Waals surface area (Å²) in [5.41, 5.74) is 2.03. The molecule has 0 unspecified atom stereocenters. The number of thioether (sulfide) groups is 1. The van der Waals surface area contributed by atoms with Crippen LogP contribution in [0.5, 0.6) is 0 Å². The molecule has 0 radical (unpaired) electrons. The second kappa shape index (κ2) is 8.12. The Balaban J connectivity index is 1.30. The Labute approximate surface area is 166 Å². The molecular formula is C21H27N3O2S. The Morgan fingerprint density at radius 1 is 1.15 bits per heavy atom. The molecule has 0 bridgehead atoms. The van der Waals surface area contributed by atoms with Crippen molar-refractivity contribution in [1.29, 1.82) is 0 Å². The van der Waals surface area contributed by atoms with Gasteiger partial charge in [0.05, 0.1) is 12.1 Å². The van der Waals surface area contributed by atoms with Crippen molar-refractivity contribution in [3.63, 3.8) is 0 Å². The molecule has 1 aromatic carbocycles. The van der Waals surface area contributed by atoms with Crippen molar-refractivity contribution in [2.24, 2.45) is 0 Å². The summed E-state index contributed by atoms with van der Waals surface area (Å²) < 4.78 is 0. The highest BCUT2D eigenvalue weighted by Crippen LogP contribution is 2.32. The van der Waals surface area contributed by atoms with Gasteiger partial charge in [-0.05, 0) is 55.2 Å². The van der Waals surface area contributed by atoms with Crippen LogP contribution in [0.3, 0.4) is 0 Å². The molecule has 3 aliphatic heterocycles. The van der Waals surface area contributed by atoms with Crippen LogP contribution >= 0.6 is 11.8 Å². The number of hydrogen-bond donors (Lipinski definition) is 0. The number of rotatable bonds is 3. The van der Waals surface area contributed by atoms with Crippen LogP contribution in [0.1, 0.15) is 38.2 Å². The summed E-state index contributed by atoms with van der Waals surface area (Å²) in [7, 11) is 0. The van der Waals surface area contributed by atoms with Gasteiger partial charge in [-0.1, -0.05) is 24.8 Å². The quantitative estimate of drug-likeness (QED) is 0.802. The summed E-state index contributed by atoms with van der Waals surface area (Å²) in [5, 5.41) is 0.230. The molecule has 3 heterocycles. The fourth-order valence-corrected chi connectivity index (χ4v) is 5.28. The number of hydrogen-bond acceptors (Lipinski definition) is 4. The number of piperidine rings is 2. The van der Waals surface area contributed by atoms with Gasteiger partial charge in [0.1, 0.15) is 0 Å². The summed E-state index contributed by atoms with van der Waals surface area (Å²) in [6.45, 7) is 5.84. The van der Waals surface area contributed by atoms with E-state index in [4.69, 9.17) is 0 Å². The van der Waals surface area contributed by atoms with E-state index >= 15 is 0 Å². The number of carbonyl (C=O) groups excluding carboxylic acids is 2. The molecule has 6 heteroatoms. The SMILES string of the molecule is CCSC(=O)N1CCC(N2CCC(N3C(=O)Cc4ccc#cc43)CC2)CC1. The van der Waals surface area contributed by atoms with Gasteiger partial charge >= 0.3 is 0 Å². The number of carbonyl (C=O) groups is 2. The zero-order chi connectivity index (χ0) is 18.8. The Kier molecular flexibility index (Phi) is 5.60. The van der Waals surface area contributed by atoms with Crippen LogP contribution < -0.4 is 4.90 Å². The number of likely N-dealkylation sites (tertiary alicyclic amines) is 2. The zero-order valence-corrected chi connectivity index (χ0v) is 16.8. The lowest BCUT2D eigenvalue weighted by Gasteiger charge is -2.43. The summed E-state index contributed by atoms with van der Waals surface area (Å²) in [5.74, 6) is 1.05.